The maximum absolute atomic E-state index is 2.22. The van der Waals surface area contributed by atoms with Gasteiger partial charge in [-0.15, -0.1) is 0 Å². The monoisotopic (exact) mass is 338 g/mol. The molecule has 0 N–H and O–H groups in total. The summed E-state index contributed by atoms with van der Waals surface area (Å²) >= 11 is 0.710. The molecule has 0 unspecified atom stereocenters. The Bertz CT molecular complexity index is 16.9. The average Bonchev–Trinajstić information content (AvgIpc) is 2.09. The third-order valence-corrected chi connectivity index (χ3v) is 0. The molecule has 102 valence electrons. The Morgan fingerprint density at radius 3 is 0.467 bits per heavy atom. The molecule has 0 heterocycles. The molecule has 0 fully saturated rings. The van der Waals surface area contributed by atoms with E-state index in [-0.39, 0.29) is 0 Å². The molecule has 15 heavy (non-hydrogen) atoms. The number of hydrogen-bond donors (Lipinski definition) is 0. The van der Waals surface area contributed by atoms with Crippen molar-refractivity contribution in [2.24, 2.45) is 0 Å². The van der Waals surface area contributed by atoms with Crippen LogP contribution in [0.5, 0.6) is 0 Å². The Labute approximate surface area is 126 Å². The van der Waals surface area contributed by atoms with Crippen LogP contribution in [0, 0.1) is 44.2 Å². The average molecular weight is 338 g/mol. The molecule has 0 aromatic heterocycles. The third-order valence-electron chi connectivity index (χ3n) is 0. The summed E-state index contributed by atoms with van der Waals surface area (Å²) < 4.78 is 4.43. The Hall–Kier alpha value is 1.57. The van der Waals surface area contributed by atoms with Gasteiger partial charge in [-0.1, -0.05) is 81.1 Å². The van der Waals surface area contributed by atoms with Crippen LogP contribution in [-0.2, 0) is 0 Å². The van der Waals surface area contributed by atoms with Crippen molar-refractivity contribution in [1.82, 2.24) is 0 Å². The van der Waals surface area contributed by atoms with Crippen LogP contribution < -0.4 is 0 Å². The predicted molar refractivity (Wildman–Crippen MR) is 75.6 cm³/mol. The van der Waals surface area contributed by atoms with Crippen molar-refractivity contribution in [2.75, 3.05) is 0 Å². The van der Waals surface area contributed by atoms with Gasteiger partial charge >= 0.3 is 47.0 Å². The Morgan fingerprint density at radius 1 is 0.467 bits per heavy atom. The van der Waals surface area contributed by atoms with Gasteiger partial charge in [-0.25, -0.2) is 0 Å². The molecule has 0 aliphatic carbocycles. The van der Waals surface area contributed by atoms with Crippen molar-refractivity contribution >= 4 is 0 Å². The van der Waals surface area contributed by atoms with Crippen molar-refractivity contribution in [2.45, 2.75) is 83.9 Å². The first-order chi connectivity index (χ1) is 7.07. The molecule has 1 heteroatoms. The predicted octanol–water partition coefficient (Wildman–Crippen LogP) is 6.83. The van der Waals surface area contributed by atoms with E-state index >= 15 is 0 Å². The Kier molecular flexibility index (Phi) is 153. The summed E-state index contributed by atoms with van der Waals surface area (Å²) in [6.45, 7) is 17.0. The van der Waals surface area contributed by atoms with Gasteiger partial charge < -0.3 is 0 Å². The topological polar surface area (TPSA) is 0 Å². The molecule has 0 radical (unpaired) electrons. The summed E-state index contributed by atoms with van der Waals surface area (Å²) in [6.07, 6.45) is 5.00. The fraction of sp³-hybridized carbons (Fsp3) is 1.00. The summed E-state index contributed by atoms with van der Waals surface area (Å²) in [5.41, 5.74) is 0. The normalized spacial score (nSPS) is 6.27. The first-order valence-corrected chi connectivity index (χ1v) is 10.4. The molecule has 0 saturated carbocycles. The van der Waals surface area contributed by atoms with Crippen LogP contribution in [0.4, 0.5) is 0 Å². The van der Waals surface area contributed by atoms with Gasteiger partial charge in [0.2, 0.25) is 0 Å². The van der Waals surface area contributed by atoms with E-state index in [1.807, 2.05) is 0 Å². The summed E-state index contributed by atoms with van der Waals surface area (Å²) in [6, 6.07) is 0. The summed E-state index contributed by atoms with van der Waals surface area (Å²) in [5.74, 6) is 0. The van der Waals surface area contributed by atoms with E-state index in [0.717, 1.165) is 0 Å². The SMILES string of the molecule is CCC.CCC.CCC.CCC.C[Xe]C. The van der Waals surface area contributed by atoms with E-state index < -0.39 is 0 Å². The first kappa shape index (κ1) is 30.0. The van der Waals surface area contributed by atoms with Crippen LogP contribution in [-0.4, -0.2) is 0 Å². The zero-order chi connectivity index (χ0) is 13.5. The molecule has 0 aliphatic rings. The molecule has 0 aromatic carbocycles. The summed E-state index contributed by atoms with van der Waals surface area (Å²) in [4.78, 5) is 0. The molecule has 0 aliphatic heterocycles. The van der Waals surface area contributed by atoms with Gasteiger partial charge in [0.25, 0.3) is 0 Å². The van der Waals surface area contributed by atoms with Gasteiger partial charge in [-0.2, -0.15) is 0 Å². The molecular weight excluding hydrogens is 299 g/mol. The van der Waals surface area contributed by atoms with Crippen molar-refractivity contribution in [3.8, 4) is 0 Å². The van der Waals surface area contributed by atoms with Crippen LogP contribution in [0.3, 0.4) is 0 Å². The standard InChI is InChI=1S/4C3H8.C2H6Xe/c5*1-3-2/h4*3H2,1-2H3;1-2H3. The molecule has 0 bridgehead atoms. The minimum absolute atomic E-state index is 0.710. The molecule has 0 nitrogen and oxygen atoms in total. The van der Waals surface area contributed by atoms with E-state index in [2.05, 4.69) is 58.2 Å². The third kappa shape index (κ3) is 1160. The molecular formula is C14H38Xe. The van der Waals surface area contributed by atoms with Gasteiger partial charge in [0.1, 0.15) is 0 Å². The molecule has 0 atom stereocenters. The van der Waals surface area contributed by atoms with E-state index in [1.54, 1.807) is 0 Å². The van der Waals surface area contributed by atoms with Crippen LogP contribution in [0.25, 0.3) is 0 Å². The van der Waals surface area contributed by atoms with Gasteiger partial charge in [0, 0.05) is 0 Å². The van der Waals surface area contributed by atoms with E-state index in [4.69, 9.17) is 0 Å². The zero-order valence-electron chi connectivity index (χ0n) is 13.2. The van der Waals surface area contributed by atoms with Gasteiger partial charge in [0.05, 0.1) is 0 Å². The number of rotatable bonds is 0. The van der Waals surface area contributed by atoms with Crippen LogP contribution >= 0.6 is 0 Å². The Balaban J connectivity index is -0.0000000278. The van der Waals surface area contributed by atoms with Crippen LogP contribution in [0.2, 0.25) is 2.78 Å². The molecule has 0 rings (SSSR count). The summed E-state index contributed by atoms with van der Waals surface area (Å²) in [7, 11) is 0. The maximum atomic E-state index is 2.22. The van der Waals surface area contributed by atoms with Crippen molar-refractivity contribution in [3.05, 3.63) is 0 Å². The minimum atomic E-state index is 0.710. The van der Waals surface area contributed by atoms with Crippen LogP contribution in [0.1, 0.15) is 81.1 Å². The summed E-state index contributed by atoms with van der Waals surface area (Å²) in [5, 5.41) is 0. The molecule has 0 spiro atoms. The van der Waals surface area contributed by atoms with Crippen molar-refractivity contribution < 1.29 is 44.2 Å². The fourth-order valence-electron chi connectivity index (χ4n) is 0. The van der Waals surface area contributed by atoms with Crippen molar-refractivity contribution in [3.63, 3.8) is 0 Å². The second-order valence-electron chi connectivity index (χ2n) is 3.18. The quantitative estimate of drug-likeness (QED) is 0.454. The second kappa shape index (κ2) is 76.6. The fourth-order valence-corrected chi connectivity index (χ4v) is 0. The zero-order valence-corrected chi connectivity index (χ0v) is 15.2. The van der Waals surface area contributed by atoms with Crippen LogP contribution in [0.15, 0.2) is 0 Å². The first-order valence-electron chi connectivity index (χ1n) is 6.36. The van der Waals surface area contributed by atoms with E-state index in [9.17, 15) is 0 Å². The van der Waals surface area contributed by atoms with E-state index in [0.29, 0.717) is 44.2 Å². The van der Waals surface area contributed by atoms with Gasteiger partial charge in [-0.3, -0.25) is 0 Å². The molecule has 0 aromatic rings. The van der Waals surface area contributed by atoms with E-state index in [1.165, 1.54) is 25.7 Å². The molecule has 0 saturated heterocycles. The van der Waals surface area contributed by atoms with Gasteiger partial charge in [-0.05, 0) is 0 Å². The van der Waals surface area contributed by atoms with Gasteiger partial charge in [0.15, 0.2) is 0 Å². The second-order valence-corrected chi connectivity index (χ2v) is 5.20. The Morgan fingerprint density at radius 2 is 0.467 bits per heavy atom. The molecule has 0 amide bonds. The van der Waals surface area contributed by atoms with Crippen molar-refractivity contribution in [1.29, 1.82) is 0 Å². The number of hydrogen-bond acceptors (Lipinski definition) is 0.